The van der Waals surface area contributed by atoms with Gasteiger partial charge in [-0.2, -0.15) is 4.37 Å². The Balaban J connectivity index is 2.55. The van der Waals surface area contributed by atoms with Crippen LogP contribution in [0.15, 0.2) is 5.03 Å². The number of thioether (sulfide) groups is 1. The van der Waals surface area contributed by atoms with Crippen LogP contribution in [0.5, 0.6) is 0 Å². The lowest BCUT2D eigenvalue weighted by Gasteiger charge is -2.06. The Morgan fingerprint density at radius 3 is 2.67 bits per heavy atom. The van der Waals surface area contributed by atoms with Crippen LogP contribution < -0.4 is 10.6 Å². The van der Waals surface area contributed by atoms with Crippen molar-refractivity contribution in [1.82, 2.24) is 9.69 Å². The fourth-order valence-corrected chi connectivity index (χ4v) is 3.87. The lowest BCUT2D eigenvalue weighted by atomic mass is 10.2. The lowest BCUT2D eigenvalue weighted by Crippen LogP contribution is -2.29. The Labute approximate surface area is 150 Å². The molecule has 0 fully saturated rings. The van der Waals surface area contributed by atoms with Crippen molar-refractivity contribution in [2.75, 3.05) is 24.2 Å². The molecule has 0 aromatic carbocycles. The lowest BCUT2D eigenvalue weighted by molar-refractivity contribution is 0.0694. The number of carbonyl (C=O) groups excluding carboxylic acids is 1. The minimum Gasteiger partial charge on any atom is -0.477 e. The van der Waals surface area contributed by atoms with Gasteiger partial charge in [0, 0.05) is 13.2 Å². The molecule has 4 N–H and O–H groups in total. The molecule has 1 aromatic heterocycles. The Bertz CT molecular complexity index is 523. The molecule has 0 saturated carbocycles. The van der Waals surface area contributed by atoms with E-state index in [-0.39, 0.29) is 17.2 Å². The van der Waals surface area contributed by atoms with Crippen molar-refractivity contribution in [1.29, 1.82) is 0 Å². The minimum atomic E-state index is -1.09. The molecule has 0 spiro atoms. The monoisotopic (exact) mass is 375 g/mol. The average Bonchev–Trinajstić information content (AvgIpc) is 2.94. The number of aliphatic hydroxyl groups is 1. The summed E-state index contributed by atoms with van der Waals surface area (Å²) in [7, 11) is 0. The number of hydrogen-bond donors (Lipinski definition) is 4. The first-order valence-electron chi connectivity index (χ1n) is 8.11. The zero-order chi connectivity index (χ0) is 17.8. The van der Waals surface area contributed by atoms with Crippen LogP contribution in [0.3, 0.4) is 0 Å². The third-order valence-electron chi connectivity index (χ3n) is 3.21. The van der Waals surface area contributed by atoms with Gasteiger partial charge in [-0.25, -0.2) is 9.59 Å². The van der Waals surface area contributed by atoms with Crippen LogP contribution in [0.25, 0.3) is 0 Å². The highest BCUT2D eigenvalue weighted by Gasteiger charge is 2.22. The molecule has 1 aromatic rings. The quantitative estimate of drug-likeness (QED) is 0.329. The molecule has 136 valence electrons. The number of hydrogen-bond acceptors (Lipinski definition) is 6. The number of nitrogens with one attached hydrogen (secondary N) is 2. The first-order valence-corrected chi connectivity index (χ1v) is 9.87. The Morgan fingerprint density at radius 1 is 1.21 bits per heavy atom. The summed E-state index contributed by atoms with van der Waals surface area (Å²) in [5.41, 5.74) is 0.0611. The molecule has 0 atom stereocenters. The molecule has 2 amide bonds. The van der Waals surface area contributed by atoms with E-state index < -0.39 is 12.0 Å². The number of unbranched alkanes of at least 4 members (excludes halogenated alkanes) is 4. The van der Waals surface area contributed by atoms with Crippen molar-refractivity contribution in [3.8, 4) is 0 Å². The number of amides is 2. The summed E-state index contributed by atoms with van der Waals surface area (Å²) < 4.78 is 4.17. The number of carboxylic acids is 1. The summed E-state index contributed by atoms with van der Waals surface area (Å²) in [4.78, 5) is 23.3. The van der Waals surface area contributed by atoms with E-state index in [4.69, 9.17) is 5.11 Å². The Kier molecular flexibility index (Phi) is 10.4. The number of anilines is 1. The second-order valence-electron chi connectivity index (χ2n) is 5.22. The summed E-state index contributed by atoms with van der Waals surface area (Å²) in [5.74, 6) is -0.271. The summed E-state index contributed by atoms with van der Waals surface area (Å²) in [6, 6.07) is -0.460. The summed E-state index contributed by atoms with van der Waals surface area (Å²) in [6.45, 7) is 2.65. The van der Waals surface area contributed by atoms with Gasteiger partial charge >= 0.3 is 12.0 Å². The largest absolute Gasteiger partial charge is 0.477 e. The van der Waals surface area contributed by atoms with E-state index >= 15 is 0 Å². The molecule has 0 bridgehead atoms. The normalized spacial score (nSPS) is 10.6. The predicted molar refractivity (Wildman–Crippen MR) is 97.3 cm³/mol. The number of aliphatic hydroxyl groups excluding tert-OH is 1. The van der Waals surface area contributed by atoms with Gasteiger partial charge in [0.05, 0.1) is 0 Å². The minimum absolute atomic E-state index is 0.0611. The molecule has 0 saturated heterocycles. The molecule has 0 unspecified atom stereocenters. The molecule has 1 rings (SSSR count). The highest BCUT2D eigenvalue weighted by molar-refractivity contribution is 7.99. The van der Waals surface area contributed by atoms with E-state index in [0.29, 0.717) is 24.4 Å². The number of aromatic nitrogens is 1. The van der Waals surface area contributed by atoms with E-state index in [1.807, 2.05) is 0 Å². The van der Waals surface area contributed by atoms with Crippen LogP contribution in [-0.2, 0) is 0 Å². The highest BCUT2D eigenvalue weighted by atomic mass is 32.2. The van der Waals surface area contributed by atoms with E-state index in [2.05, 4.69) is 21.9 Å². The zero-order valence-corrected chi connectivity index (χ0v) is 15.5. The third-order valence-corrected chi connectivity index (χ3v) is 5.15. The number of carbonyl (C=O) groups is 2. The maximum absolute atomic E-state index is 11.8. The summed E-state index contributed by atoms with van der Waals surface area (Å²) in [6.07, 6.45) is 5.74. The van der Waals surface area contributed by atoms with Crippen molar-refractivity contribution in [3.63, 3.8) is 0 Å². The maximum Gasteiger partial charge on any atom is 0.341 e. The molecule has 24 heavy (non-hydrogen) atoms. The number of urea groups is 1. The van der Waals surface area contributed by atoms with E-state index in [0.717, 1.165) is 36.5 Å². The molecule has 1 heterocycles. The van der Waals surface area contributed by atoms with E-state index in [9.17, 15) is 14.7 Å². The van der Waals surface area contributed by atoms with Gasteiger partial charge in [0.15, 0.2) is 0 Å². The molecule has 0 aliphatic heterocycles. The summed E-state index contributed by atoms with van der Waals surface area (Å²) >= 11 is 2.40. The van der Waals surface area contributed by atoms with Gasteiger partial charge in [-0.1, -0.05) is 26.2 Å². The molecule has 0 radical (unpaired) electrons. The Hall–Kier alpha value is -1.32. The van der Waals surface area contributed by atoms with Gasteiger partial charge in [-0.05, 0) is 36.5 Å². The maximum atomic E-state index is 11.8. The number of rotatable bonds is 12. The molecule has 7 nitrogen and oxygen atoms in total. The molecular formula is C15H25N3O4S2. The van der Waals surface area contributed by atoms with Crippen molar-refractivity contribution < 1.29 is 19.8 Å². The van der Waals surface area contributed by atoms with Gasteiger partial charge < -0.3 is 15.5 Å². The van der Waals surface area contributed by atoms with Crippen LogP contribution in [-0.4, -0.2) is 45.5 Å². The van der Waals surface area contributed by atoms with E-state index in [1.54, 1.807) is 0 Å². The van der Waals surface area contributed by atoms with Crippen LogP contribution in [0, 0.1) is 0 Å². The van der Waals surface area contributed by atoms with Gasteiger partial charge in [0.1, 0.15) is 15.6 Å². The third kappa shape index (κ3) is 7.50. The summed E-state index contributed by atoms with van der Waals surface area (Å²) in [5, 5.41) is 24.0. The van der Waals surface area contributed by atoms with Gasteiger partial charge in [0.25, 0.3) is 0 Å². The fraction of sp³-hybridized carbons (Fsp3) is 0.667. The molecule has 0 aliphatic carbocycles. The first kappa shape index (κ1) is 20.7. The second-order valence-corrected chi connectivity index (χ2v) is 7.07. The van der Waals surface area contributed by atoms with Crippen LogP contribution in [0.1, 0.15) is 55.8 Å². The first-order chi connectivity index (χ1) is 11.6. The average molecular weight is 376 g/mol. The second kappa shape index (κ2) is 12.1. The number of nitrogens with zero attached hydrogens (tertiary/aromatic N) is 1. The smallest absolute Gasteiger partial charge is 0.341 e. The topological polar surface area (TPSA) is 112 Å². The van der Waals surface area contributed by atoms with Crippen LogP contribution in [0.4, 0.5) is 9.80 Å². The molecular weight excluding hydrogens is 350 g/mol. The fourth-order valence-electron chi connectivity index (χ4n) is 1.93. The van der Waals surface area contributed by atoms with Crippen molar-refractivity contribution >= 4 is 40.3 Å². The number of aromatic carboxylic acids is 1. The van der Waals surface area contributed by atoms with Gasteiger partial charge in [-0.15, -0.1) is 11.8 Å². The highest BCUT2D eigenvalue weighted by Crippen LogP contribution is 2.32. The standard InChI is InChI=1S/C15H25N3O4S2/c1-2-3-4-7-10-23-13-11(14(20)21)12(24-18-13)17-15(22)16-8-5-6-9-19/h19H,2-10H2,1H3,(H,20,21)(H2,16,17,22). The van der Waals surface area contributed by atoms with Crippen molar-refractivity contribution in [3.05, 3.63) is 5.56 Å². The van der Waals surface area contributed by atoms with Crippen molar-refractivity contribution in [2.24, 2.45) is 0 Å². The van der Waals surface area contributed by atoms with E-state index in [1.165, 1.54) is 18.2 Å². The van der Waals surface area contributed by atoms with Crippen LogP contribution in [0.2, 0.25) is 0 Å². The Morgan fingerprint density at radius 2 is 2.00 bits per heavy atom. The zero-order valence-electron chi connectivity index (χ0n) is 13.8. The van der Waals surface area contributed by atoms with Gasteiger partial charge in [-0.3, -0.25) is 5.32 Å². The predicted octanol–water partition coefficient (Wildman–Crippen LogP) is 3.41. The molecule has 9 heteroatoms. The van der Waals surface area contributed by atoms with Gasteiger partial charge in [0.2, 0.25) is 0 Å². The SMILES string of the molecule is CCCCCCSc1nsc(NC(=O)NCCCCO)c1C(=O)O. The number of carboxylic acid groups (broad SMARTS) is 1. The van der Waals surface area contributed by atoms with Crippen LogP contribution >= 0.6 is 23.3 Å². The molecule has 0 aliphatic rings. The van der Waals surface area contributed by atoms with Crippen molar-refractivity contribution in [2.45, 2.75) is 50.5 Å².